The monoisotopic (exact) mass is 252 g/mol. The fourth-order valence-corrected chi connectivity index (χ4v) is 1.64. The molecule has 94 valence electrons. The van der Waals surface area contributed by atoms with Crippen LogP contribution in [0.3, 0.4) is 0 Å². The summed E-state index contributed by atoms with van der Waals surface area (Å²) in [5.74, 6) is 1.03. The molecule has 0 atom stereocenters. The molecular weight excluding hydrogens is 240 g/mol. The Labute approximate surface area is 111 Å². The highest BCUT2D eigenvalue weighted by atomic mass is 16.5. The smallest absolute Gasteiger partial charge is 0.222 e. The molecule has 0 aliphatic heterocycles. The second-order valence-electron chi connectivity index (χ2n) is 4.20. The van der Waals surface area contributed by atoms with Crippen LogP contribution in [0.25, 0.3) is 0 Å². The Bertz CT molecular complexity index is 672. The van der Waals surface area contributed by atoms with Gasteiger partial charge in [-0.15, -0.1) is 0 Å². The van der Waals surface area contributed by atoms with Gasteiger partial charge < -0.3 is 4.74 Å². The molecule has 2 rings (SSSR count). The van der Waals surface area contributed by atoms with Crippen molar-refractivity contribution in [1.29, 1.82) is 5.26 Å². The van der Waals surface area contributed by atoms with E-state index in [1.165, 1.54) is 6.20 Å². The fourth-order valence-electron chi connectivity index (χ4n) is 1.64. The first-order chi connectivity index (χ1) is 9.13. The summed E-state index contributed by atoms with van der Waals surface area (Å²) in [6, 6.07) is 9.00. The molecule has 0 spiro atoms. The number of hydrogen-bond donors (Lipinski definition) is 0. The maximum Gasteiger partial charge on any atom is 0.222 e. The molecule has 19 heavy (non-hydrogen) atoms. The van der Waals surface area contributed by atoms with E-state index in [1.54, 1.807) is 18.2 Å². The minimum atomic E-state index is 0.434. The zero-order chi connectivity index (χ0) is 13.8. The molecule has 1 heterocycles. The van der Waals surface area contributed by atoms with Crippen LogP contribution in [0.4, 0.5) is 0 Å². The Morgan fingerprint density at radius 1 is 1.26 bits per heavy atom. The van der Waals surface area contributed by atoms with Gasteiger partial charge in [0.15, 0.2) is 6.29 Å². The van der Waals surface area contributed by atoms with E-state index in [9.17, 15) is 4.79 Å². The van der Waals surface area contributed by atoms with E-state index in [-0.39, 0.29) is 0 Å². The minimum absolute atomic E-state index is 0.434. The third kappa shape index (κ3) is 2.78. The molecule has 1 aromatic carbocycles. The first kappa shape index (κ1) is 12.8. The second kappa shape index (κ2) is 5.32. The number of ether oxygens (including phenoxy) is 1. The number of aryl methyl sites for hydroxylation is 2. The molecule has 0 aliphatic carbocycles. The maximum atomic E-state index is 10.6. The highest BCUT2D eigenvalue weighted by Gasteiger charge is 2.07. The molecule has 0 saturated heterocycles. The second-order valence-corrected chi connectivity index (χ2v) is 4.20. The molecule has 0 unspecified atom stereocenters. The lowest BCUT2D eigenvalue weighted by molar-refractivity contribution is 0.112. The highest BCUT2D eigenvalue weighted by Crippen LogP contribution is 2.26. The number of nitriles is 1. The van der Waals surface area contributed by atoms with Gasteiger partial charge in [0.05, 0.1) is 11.6 Å². The van der Waals surface area contributed by atoms with Crippen molar-refractivity contribution in [2.24, 2.45) is 0 Å². The van der Waals surface area contributed by atoms with Crippen LogP contribution in [0, 0.1) is 25.2 Å². The van der Waals surface area contributed by atoms with E-state index >= 15 is 0 Å². The number of aldehydes is 1. The van der Waals surface area contributed by atoms with Crippen LogP contribution in [-0.4, -0.2) is 11.3 Å². The lowest BCUT2D eigenvalue weighted by Crippen LogP contribution is -1.95. The third-order valence-electron chi connectivity index (χ3n) is 2.71. The average molecular weight is 252 g/mol. The number of benzene rings is 1. The van der Waals surface area contributed by atoms with E-state index in [0.717, 1.165) is 17.4 Å². The van der Waals surface area contributed by atoms with Gasteiger partial charge in [-0.25, -0.2) is 4.98 Å². The van der Waals surface area contributed by atoms with Crippen molar-refractivity contribution in [2.75, 3.05) is 0 Å². The Morgan fingerprint density at radius 2 is 2.05 bits per heavy atom. The van der Waals surface area contributed by atoms with E-state index < -0.39 is 0 Å². The Kier molecular flexibility index (Phi) is 3.58. The standard InChI is InChI=1S/C15H12N2O2/c1-10-3-4-12(7-16)6-14(10)19-15-11(2)5-13(9-18)8-17-15/h3-6,8-9H,1-2H3. The molecular formula is C15H12N2O2. The van der Waals surface area contributed by atoms with Crippen molar-refractivity contribution in [3.8, 4) is 17.7 Å². The van der Waals surface area contributed by atoms with Crippen molar-refractivity contribution in [3.05, 3.63) is 52.7 Å². The number of carbonyl (C=O) groups is 1. The summed E-state index contributed by atoms with van der Waals surface area (Å²) < 4.78 is 5.70. The SMILES string of the molecule is Cc1ccc(C#N)cc1Oc1ncc(C=O)cc1C. The number of nitrogens with zero attached hydrogens (tertiary/aromatic N) is 2. The minimum Gasteiger partial charge on any atom is -0.438 e. The summed E-state index contributed by atoms with van der Waals surface area (Å²) in [5.41, 5.74) is 2.72. The largest absolute Gasteiger partial charge is 0.438 e. The van der Waals surface area contributed by atoms with Gasteiger partial charge in [-0.2, -0.15) is 5.26 Å². The van der Waals surface area contributed by atoms with Crippen molar-refractivity contribution in [2.45, 2.75) is 13.8 Å². The van der Waals surface area contributed by atoms with Gasteiger partial charge in [-0.1, -0.05) is 6.07 Å². The van der Waals surface area contributed by atoms with Gasteiger partial charge in [-0.3, -0.25) is 4.79 Å². The first-order valence-corrected chi connectivity index (χ1v) is 5.74. The zero-order valence-electron chi connectivity index (χ0n) is 10.7. The third-order valence-corrected chi connectivity index (χ3v) is 2.71. The van der Waals surface area contributed by atoms with Crippen LogP contribution in [-0.2, 0) is 0 Å². The van der Waals surface area contributed by atoms with Gasteiger partial charge in [0, 0.05) is 17.3 Å². The Morgan fingerprint density at radius 3 is 2.68 bits per heavy atom. The Hall–Kier alpha value is -2.67. The van der Waals surface area contributed by atoms with Gasteiger partial charge in [-0.05, 0) is 37.6 Å². The van der Waals surface area contributed by atoms with Crippen molar-refractivity contribution < 1.29 is 9.53 Å². The quantitative estimate of drug-likeness (QED) is 0.787. The number of aromatic nitrogens is 1. The molecule has 2 aromatic rings. The number of rotatable bonds is 3. The topological polar surface area (TPSA) is 63.0 Å². The van der Waals surface area contributed by atoms with E-state index in [4.69, 9.17) is 10.00 Å². The molecule has 4 heteroatoms. The predicted molar refractivity (Wildman–Crippen MR) is 70.3 cm³/mol. The van der Waals surface area contributed by atoms with Crippen LogP contribution in [0.5, 0.6) is 11.6 Å². The molecule has 0 aliphatic rings. The summed E-state index contributed by atoms with van der Waals surface area (Å²) >= 11 is 0. The van der Waals surface area contributed by atoms with Crippen LogP contribution in [0.15, 0.2) is 30.5 Å². The molecule has 1 aromatic heterocycles. The zero-order valence-corrected chi connectivity index (χ0v) is 10.7. The van der Waals surface area contributed by atoms with Gasteiger partial charge in [0.2, 0.25) is 5.88 Å². The van der Waals surface area contributed by atoms with Gasteiger partial charge in [0.25, 0.3) is 0 Å². The molecule has 0 radical (unpaired) electrons. The van der Waals surface area contributed by atoms with Crippen molar-refractivity contribution >= 4 is 6.29 Å². The van der Waals surface area contributed by atoms with E-state index in [0.29, 0.717) is 22.8 Å². The van der Waals surface area contributed by atoms with Crippen LogP contribution in [0.1, 0.15) is 27.0 Å². The maximum absolute atomic E-state index is 10.6. The number of carbonyl (C=O) groups excluding carboxylic acids is 1. The molecule has 0 amide bonds. The van der Waals surface area contributed by atoms with Crippen LogP contribution < -0.4 is 4.74 Å². The van der Waals surface area contributed by atoms with Crippen LogP contribution in [0.2, 0.25) is 0 Å². The van der Waals surface area contributed by atoms with Gasteiger partial charge >= 0.3 is 0 Å². The van der Waals surface area contributed by atoms with E-state index in [1.807, 2.05) is 19.9 Å². The molecule has 0 saturated carbocycles. The molecule has 4 nitrogen and oxygen atoms in total. The fraction of sp³-hybridized carbons (Fsp3) is 0.133. The first-order valence-electron chi connectivity index (χ1n) is 5.74. The van der Waals surface area contributed by atoms with Crippen molar-refractivity contribution in [1.82, 2.24) is 4.98 Å². The van der Waals surface area contributed by atoms with Gasteiger partial charge in [0.1, 0.15) is 5.75 Å². The predicted octanol–water partition coefficient (Wildman–Crippen LogP) is 3.17. The summed E-state index contributed by atoms with van der Waals surface area (Å²) in [5, 5.41) is 8.88. The number of hydrogen-bond acceptors (Lipinski definition) is 4. The molecule has 0 fully saturated rings. The summed E-state index contributed by atoms with van der Waals surface area (Å²) in [6.45, 7) is 3.71. The molecule has 0 bridgehead atoms. The number of pyridine rings is 1. The average Bonchev–Trinajstić information content (AvgIpc) is 2.43. The lowest BCUT2D eigenvalue weighted by Gasteiger charge is -2.10. The highest BCUT2D eigenvalue weighted by molar-refractivity contribution is 5.74. The summed E-state index contributed by atoms with van der Waals surface area (Å²) in [7, 11) is 0. The normalized spacial score (nSPS) is 9.74. The Balaban J connectivity index is 2.36. The summed E-state index contributed by atoms with van der Waals surface area (Å²) in [6.07, 6.45) is 2.20. The molecule has 0 N–H and O–H groups in total. The summed E-state index contributed by atoms with van der Waals surface area (Å²) in [4.78, 5) is 14.8. The van der Waals surface area contributed by atoms with E-state index in [2.05, 4.69) is 11.1 Å². The lowest BCUT2D eigenvalue weighted by atomic mass is 10.1. The van der Waals surface area contributed by atoms with Crippen LogP contribution >= 0.6 is 0 Å². The van der Waals surface area contributed by atoms with Crippen molar-refractivity contribution in [3.63, 3.8) is 0 Å².